The van der Waals surface area contributed by atoms with Crippen molar-refractivity contribution in [2.45, 2.75) is 20.3 Å². The second kappa shape index (κ2) is 5.01. The Bertz CT molecular complexity index is 314. The molecule has 0 spiro atoms. The van der Waals surface area contributed by atoms with Crippen LogP contribution in [0.1, 0.15) is 17.5 Å². The zero-order valence-corrected chi connectivity index (χ0v) is 9.10. The fourth-order valence-corrected chi connectivity index (χ4v) is 1.34. The monoisotopic (exact) mass is 212 g/mol. The Morgan fingerprint density at radius 1 is 1.36 bits per heavy atom. The molecule has 1 aromatic carbocycles. The Kier molecular flexibility index (Phi) is 3.96. The first-order valence-corrected chi connectivity index (χ1v) is 4.86. The van der Waals surface area contributed by atoms with Crippen molar-refractivity contribution in [3.63, 3.8) is 0 Å². The largest absolute Gasteiger partial charge is 0.493 e. The van der Waals surface area contributed by atoms with Crippen LogP contribution in [-0.2, 0) is 4.79 Å². The van der Waals surface area contributed by atoms with E-state index in [1.807, 2.05) is 32.0 Å². The molecular formula is C11H13ClO2. The molecule has 0 N–H and O–H groups in total. The van der Waals surface area contributed by atoms with E-state index in [1.165, 1.54) is 0 Å². The molecule has 1 rings (SSSR count). The molecule has 0 bridgehead atoms. The van der Waals surface area contributed by atoms with Crippen LogP contribution in [0.4, 0.5) is 0 Å². The summed E-state index contributed by atoms with van der Waals surface area (Å²) in [5, 5.41) is -0.365. The molecule has 0 aliphatic heterocycles. The van der Waals surface area contributed by atoms with Crippen LogP contribution in [0.3, 0.4) is 0 Å². The van der Waals surface area contributed by atoms with Crippen LogP contribution in [0.2, 0.25) is 0 Å². The van der Waals surface area contributed by atoms with Crippen molar-refractivity contribution < 1.29 is 9.53 Å². The van der Waals surface area contributed by atoms with Crippen LogP contribution in [0, 0.1) is 13.8 Å². The Labute approximate surface area is 88.8 Å². The highest BCUT2D eigenvalue weighted by Crippen LogP contribution is 2.22. The first-order valence-electron chi connectivity index (χ1n) is 4.48. The minimum atomic E-state index is -0.365. The summed E-state index contributed by atoms with van der Waals surface area (Å²) in [5.74, 6) is 0.852. The molecule has 14 heavy (non-hydrogen) atoms. The number of aryl methyl sites for hydroxylation is 2. The van der Waals surface area contributed by atoms with Crippen LogP contribution in [0.15, 0.2) is 18.2 Å². The number of hydrogen-bond acceptors (Lipinski definition) is 2. The van der Waals surface area contributed by atoms with Crippen molar-refractivity contribution in [3.8, 4) is 5.75 Å². The van der Waals surface area contributed by atoms with Crippen molar-refractivity contribution in [3.05, 3.63) is 29.3 Å². The highest BCUT2D eigenvalue weighted by atomic mass is 35.5. The van der Waals surface area contributed by atoms with Gasteiger partial charge < -0.3 is 4.74 Å². The van der Waals surface area contributed by atoms with Crippen molar-refractivity contribution in [1.82, 2.24) is 0 Å². The maximum Gasteiger partial charge on any atom is 0.225 e. The highest BCUT2D eigenvalue weighted by Gasteiger charge is 2.03. The van der Waals surface area contributed by atoms with Crippen LogP contribution in [0.5, 0.6) is 5.75 Å². The maximum absolute atomic E-state index is 10.5. The Morgan fingerprint density at radius 3 is 2.43 bits per heavy atom. The molecule has 0 saturated carbocycles. The van der Waals surface area contributed by atoms with Gasteiger partial charge in [0, 0.05) is 0 Å². The maximum atomic E-state index is 10.5. The smallest absolute Gasteiger partial charge is 0.225 e. The zero-order valence-electron chi connectivity index (χ0n) is 8.34. The molecule has 0 heterocycles. The number of halogens is 1. The minimum Gasteiger partial charge on any atom is -0.493 e. The second-order valence-electron chi connectivity index (χ2n) is 3.17. The summed E-state index contributed by atoms with van der Waals surface area (Å²) < 4.78 is 5.47. The highest BCUT2D eigenvalue weighted by molar-refractivity contribution is 6.63. The van der Waals surface area contributed by atoms with Crippen molar-refractivity contribution in [2.24, 2.45) is 0 Å². The first-order chi connectivity index (χ1) is 6.61. The Hall–Kier alpha value is -1.02. The minimum absolute atomic E-state index is 0.245. The quantitative estimate of drug-likeness (QED) is 0.718. The first kappa shape index (κ1) is 11.1. The number of hydrogen-bond donors (Lipinski definition) is 0. The molecular weight excluding hydrogens is 200 g/mol. The predicted octanol–water partition coefficient (Wildman–Crippen LogP) is 2.84. The van der Waals surface area contributed by atoms with Crippen LogP contribution < -0.4 is 4.74 Å². The molecule has 0 unspecified atom stereocenters. The normalized spacial score (nSPS) is 9.93. The molecule has 0 saturated heterocycles. The van der Waals surface area contributed by atoms with Gasteiger partial charge in [-0.15, -0.1) is 0 Å². The summed E-state index contributed by atoms with van der Waals surface area (Å²) in [6.45, 7) is 4.30. The number of rotatable bonds is 4. The second-order valence-corrected chi connectivity index (χ2v) is 3.60. The zero-order chi connectivity index (χ0) is 10.6. The van der Waals surface area contributed by atoms with E-state index in [-0.39, 0.29) is 11.7 Å². The van der Waals surface area contributed by atoms with E-state index in [0.29, 0.717) is 6.61 Å². The third kappa shape index (κ3) is 3.04. The molecule has 0 aromatic heterocycles. The SMILES string of the molecule is Cc1cccc(C)c1OCCC(=O)Cl. The van der Waals surface area contributed by atoms with Gasteiger partial charge in [-0.05, 0) is 36.6 Å². The van der Waals surface area contributed by atoms with Crippen molar-refractivity contribution in [1.29, 1.82) is 0 Å². The molecule has 2 nitrogen and oxygen atoms in total. The summed E-state index contributed by atoms with van der Waals surface area (Å²) in [6, 6.07) is 5.93. The van der Waals surface area contributed by atoms with Gasteiger partial charge >= 0.3 is 0 Å². The van der Waals surface area contributed by atoms with Gasteiger partial charge in [-0.25, -0.2) is 0 Å². The third-order valence-electron chi connectivity index (χ3n) is 1.95. The van der Waals surface area contributed by atoms with E-state index < -0.39 is 0 Å². The fraction of sp³-hybridized carbons (Fsp3) is 0.364. The molecule has 3 heteroatoms. The molecule has 76 valence electrons. The lowest BCUT2D eigenvalue weighted by atomic mass is 10.1. The van der Waals surface area contributed by atoms with Gasteiger partial charge in [-0.2, -0.15) is 0 Å². The van der Waals surface area contributed by atoms with E-state index in [2.05, 4.69) is 0 Å². The summed E-state index contributed by atoms with van der Waals surface area (Å²) in [4.78, 5) is 10.5. The molecule has 0 radical (unpaired) electrons. The number of carbonyl (C=O) groups excluding carboxylic acids is 1. The molecule has 0 aliphatic carbocycles. The van der Waals surface area contributed by atoms with Gasteiger partial charge in [-0.3, -0.25) is 4.79 Å². The van der Waals surface area contributed by atoms with Crippen molar-refractivity contribution >= 4 is 16.8 Å². The predicted molar refractivity (Wildman–Crippen MR) is 56.9 cm³/mol. The van der Waals surface area contributed by atoms with Crippen LogP contribution in [-0.4, -0.2) is 11.8 Å². The summed E-state index contributed by atoms with van der Waals surface area (Å²) in [5.41, 5.74) is 2.15. The van der Waals surface area contributed by atoms with E-state index in [4.69, 9.17) is 16.3 Å². The van der Waals surface area contributed by atoms with E-state index in [9.17, 15) is 4.79 Å². The standard InChI is InChI=1S/C11H13ClO2/c1-8-4-3-5-9(2)11(8)14-7-6-10(12)13/h3-5H,6-7H2,1-2H3. The van der Waals surface area contributed by atoms with Gasteiger partial charge in [0.15, 0.2) is 0 Å². The number of para-hydroxylation sites is 1. The lowest BCUT2D eigenvalue weighted by Gasteiger charge is -2.10. The molecule has 0 amide bonds. The van der Waals surface area contributed by atoms with E-state index in [0.717, 1.165) is 16.9 Å². The molecule has 0 aliphatic rings. The van der Waals surface area contributed by atoms with E-state index >= 15 is 0 Å². The Morgan fingerprint density at radius 2 is 1.93 bits per heavy atom. The Balaban J connectivity index is 2.62. The average molecular weight is 213 g/mol. The lowest BCUT2D eigenvalue weighted by molar-refractivity contribution is -0.112. The van der Waals surface area contributed by atoms with Gasteiger partial charge in [0.05, 0.1) is 13.0 Å². The fourth-order valence-electron chi connectivity index (χ4n) is 1.26. The van der Waals surface area contributed by atoms with Gasteiger partial charge in [0.25, 0.3) is 0 Å². The van der Waals surface area contributed by atoms with Gasteiger partial charge in [0.1, 0.15) is 5.75 Å². The summed E-state index contributed by atoms with van der Waals surface area (Å²) >= 11 is 5.20. The van der Waals surface area contributed by atoms with Crippen LogP contribution in [0.25, 0.3) is 0 Å². The van der Waals surface area contributed by atoms with E-state index in [1.54, 1.807) is 0 Å². The number of ether oxygens (including phenoxy) is 1. The summed E-state index contributed by atoms with van der Waals surface area (Å²) in [7, 11) is 0. The van der Waals surface area contributed by atoms with Gasteiger partial charge in [-0.1, -0.05) is 18.2 Å². The molecule has 1 aromatic rings. The van der Waals surface area contributed by atoms with Crippen molar-refractivity contribution in [2.75, 3.05) is 6.61 Å². The number of carbonyl (C=O) groups is 1. The van der Waals surface area contributed by atoms with Gasteiger partial charge in [0.2, 0.25) is 5.24 Å². The summed E-state index contributed by atoms with van der Waals surface area (Å²) in [6.07, 6.45) is 0.245. The molecule has 0 fully saturated rings. The third-order valence-corrected chi connectivity index (χ3v) is 2.14. The molecule has 0 atom stereocenters. The number of benzene rings is 1. The topological polar surface area (TPSA) is 26.3 Å². The average Bonchev–Trinajstić information content (AvgIpc) is 2.09. The lowest BCUT2D eigenvalue weighted by Crippen LogP contribution is -2.03. The van der Waals surface area contributed by atoms with Crippen LogP contribution >= 0.6 is 11.6 Å².